The lowest BCUT2D eigenvalue weighted by Crippen LogP contribution is -2.66. The minimum atomic E-state index is -2.02. The summed E-state index contributed by atoms with van der Waals surface area (Å²) in [5, 5.41) is 89.7. The van der Waals surface area contributed by atoms with Crippen LogP contribution in [0.3, 0.4) is 0 Å². The second-order valence-corrected chi connectivity index (χ2v) is 20.0. The van der Waals surface area contributed by atoms with Crippen LogP contribution in [0.25, 0.3) is 0 Å². The van der Waals surface area contributed by atoms with Crippen LogP contribution in [0.15, 0.2) is 0 Å². The van der Waals surface area contributed by atoms with Crippen LogP contribution in [0, 0.1) is 17.8 Å². The summed E-state index contributed by atoms with van der Waals surface area (Å²) in [6, 6.07) is -1.15. The number of ether oxygens (including phenoxy) is 8. The number of esters is 1. The van der Waals surface area contributed by atoms with Gasteiger partial charge in [0.2, 0.25) is 0 Å². The van der Waals surface area contributed by atoms with Gasteiger partial charge in [-0.1, -0.05) is 20.8 Å². The molecule has 0 aromatic carbocycles. The third kappa shape index (κ3) is 11.8. The Kier molecular flexibility index (Phi) is 18.6. The molecule has 4 aliphatic rings. The molecule has 4 rings (SSSR count). The lowest BCUT2D eigenvalue weighted by Gasteiger charge is -2.49. The first-order chi connectivity index (χ1) is 29.5. The smallest absolute Gasteiger partial charge is 0.335 e. The first-order valence-corrected chi connectivity index (χ1v) is 22.7. The SMILES string of the molecule is CC[C@H]1OC(=O)[C@H](C)[C@@H](O[C@H]2C[C@@](C)(OC)[C@@H](O)[C@H](C)O2)[C@H](C)[C@@H](O[C@@H]2O[C@H](C)C[C@H](N(C)C)[C@H]2O)[C@](C)(O)C[C@@H](C)CN(C)[C@H](C)[C@@H](O)[C@]1(C)OC1OC(C(=O)O)C(O)C(O)C1O. The van der Waals surface area contributed by atoms with Crippen LogP contribution in [-0.2, 0) is 47.5 Å². The molecule has 0 radical (unpaired) electrons. The maximum Gasteiger partial charge on any atom is 0.335 e. The van der Waals surface area contributed by atoms with Gasteiger partial charge >= 0.3 is 11.9 Å². The van der Waals surface area contributed by atoms with Gasteiger partial charge in [0.05, 0.1) is 41.5 Å². The Morgan fingerprint density at radius 3 is 2.05 bits per heavy atom. The fourth-order valence-electron chi connectivity index (χ4n) is 10.3. The second-order valence-electron chi connectivity index (χ2n) is 20.0. The summed E-state index contributed by atoms with van der Waals surface area (Å²) in [5.41, 5.74) is -4.79. The fourth-order valence-corrected chi connectivity index (χ4v) is 10.3. The highest BCUT2D eigenvalue weighted by Gasteiger charge is 2.56. The van der Waals surface area contributed by atoms with E-state index in [0.29, 0.717) is 6.42 Å². The van der Waals surface area contributed by atoms with Crippen molar-refractivity contribution in [1.29, 1.82) is 0 Å². The summed E-state index contributed by atoms with van der Waals surface area (Å²) in [6.45, 7) is 17.2. The van der Waals surface area contributed by atoms with Crippen LogP contribution in [0.4, 0.5) is 0 Å². The van der Waals surface area contributed by atoms with E-state index in [-0.39, 0.29) is 43.9 Å². The molecule has 0 aliphatic carbocycles. The zero-order valence-corrected chi connectivity index (χ0v) is 40.1. The summed E-state index contributed by atoms with van der Waals surface area (Å²) >= 11 is 0. The van der Waals surface area contributed by atoms with E-state index >= 15 is 0 Å². The van der Waals surface area contributed by atoms with Crippen molar-refractivity contribution in [3.63, 3.8) is 0 Å². The lowest BCUT2D eigenvalue weighted by molar-refractivity contribution is -0.341. The van der Waals surface area contributed by atoms with Gasteiger partial charge in [0.15, 0.2) is 25.0 Å². The van der Waals surface area contributed by atoms with Crippen molar-refractivity contribution in [2.24, 2.45) is 17.8 Å². The van der Waals surface area contributed by atoms with Crippen LogP contribution >= 0.6 is 0 Å². The number of carbonyl (C=O) groups is 2. The van der Waals surface area contributed by atoms with Gasteiger partial charge in [0.1, 0.15) is 48.3 Å². The molecule has 4 fully saturated rings. The molecular formula is C44H80N2O18. The normalized spacial score (nSPS) is 49.8. The lowest BCUT2D eigenvalue weighted by atomic mass is 9.77. The third-order valence-corrected chi connectivity index (χ3v) is 14.4. The molecule has 4 heterocycles. The highest BCUT2D eigenvalue weighted by Crippen LogP contribution is 2.41. The second kappa shape index (κ2) is 21.7. The molecule has 8 N–H and O–H groups in total. The van der Waals surface area contributed by atoms with Crippen molar-refractivity contribution in [1.82, 2.24) is 9.80 Å². The monoisotopic (exact) mass is 925 g/mol. The topological polar surface area (TPSA) is 276 Å². The van der Waals surface area contributed by atoms with E-state index in [1.54, 1.807) is 55.5 Å². The average molecular weight is 925 g/mol. The number of cyclic esters (lactones) is 1. The average Bonchev–Trinajstić information content (AvgIpc) is 3.21. The largest absolute Gasteiger partial charge is 0.479 e. The predicted molar refractivity (Wildman–Crippen MR) is 227 cm³/mol. The molecule has 23 atom stereocenters. The van der Waals surface area contributed by atoms with Gasteiger partial charge in [-0.3, -0.25) is 4.79 Å². The highest BCUT2D eigenvalue weighted by molar-refractivity contribution is 5.73. The standard InChI is InChI=1S/C44H80N2O18/c1-15-27-44(10,64-41-32(50)30(48)31(49)34(62-41)38(53)54)35(51)24(6)46(13)19-20(2)17-42(8,56)37(63-40-29(47)26(45(11)12)16-21(3)58-40)22(4)33(23(5)39(55)60-27)61-28-18-43(9,57-14)36(52)25(7)59-28/h20-37,40-41,47-52,56H,15-19H2,1-14H3,(H,53,54)/t20-,21-,22+,23-,24-,25+,26+,27-,28+,29-,30?,31?,32?,33+,34?,35-,36+,37-,40+,41?,42-,43-,44-/m1/s1. The van der Waals surface area contributed by atoms with Crippen molar-refractivity contribution < 1.29 is 88.3 Å². The Labute approximate surface area is 378 Å². The number of likely N-dealkylation sites (N-methyl/N-ethyl adjacent to an activating group) is 2. The van der Waals surface area contributed by atoms with Crippen molar-refractivity contribution in [3.05, 3.63) is 0 Å². The molecule has 0 bridgehead atoms. The molecule has 4 aliphatic heterocycles. The van der Waals surface area contributed by atoms with Gasteiger partial charge in [0, 0.05) is 38.1 Å². The summed E-state index contributed by atoms with van der Waals surface area (Å²) in [7, 11) is 6.90. The number of methoxy groups -OCH3 is 1. The molecule has 0 spiro atoms. The van der Waals surface area contributed by atoms with E-state index in [2.05, 4.69) is 0 Å². The van der Waals surface area contributed by atoms with E-state index in [1.807, 2.05) is 37.7 Å². The highest BCUT2D eigenvalue weighted by atomic mass is 16.7. The number of aliphatic carboxylic acids is 1. The molecule has 4 saturated heterocycles. The van der Waals surface area contributed by atoms with Crippen molar-refractivity contribution in [3.8, 4) is 0 Å². The van der Waals surface area contributed by atoms with Gasteiger partial charge < -0.3 is 88.5 Å². The zero-order valence-electron chi connectivity index (χ0n) is 40.1. The first kappa shape index (κ1) is 54.9. The van der Waals surface area contributed by atoms with E-state index < -0.39 is 133 Å². The number of aliphatic hydroxyl groups is 7. The maximum absolute atomic E-state index is 14.8. The van der Waals surface area contributed by atoms with Gasteiger partial charge in [-0.05, 0) is 94.8 Å². The van der Waals surface area contributed by atoms with Gasteiger partial charge in [-0.15, -0.1) is 0 Å². The molecular weight excluding hydrogens is 844 g/mol. The summed E-state index contributed by atoms with van der Waals surface area (Å²) in [4.78, 5) is 30.6. The van der Waals surface area contributed by atoms with Crippen molar-refractivity contribution >= 4 is 11.9 Å². The van der Waals surface area contributed by atoms with E-state index in [9.17, 15) is 50.4 Å². The Hall–Kier alpha value is -1.70. The van der Waals surface area contributed by atoms with Gasteiger partial charge in [-0.25, -0.2) is 4.79 Å². The molecule has 5 unspecified atom stereocenters. The third-order valence-electron chi connectivity index (χ3n) is 14.4. The molecule has 0 aromatic heterocycles. The summed E-state index contributed by atoms with van der Waals surface area (Å²) < 4.78 is 49.8. The first-order valence-electron chi connectivity index (χ1n) is 22.7. The van der Waals surface area contributed by atoms with Crippen LogP contribution in [0.2, 0.25) is 0 Å². The number of hydrogen-bond acceptors (Lipinski definition) is 19. The zero-order chi connectivity index (χ0) is 48.5. The number of carboxylic acids is 1. The van der Waals surface area contributed by atoms with Crippen LogP contribution in [-0.4, -0.2) is 218 Å². The van der Waals surface area contributed by atoms with Crippen LogP contribution in [0.1, 0.15) is 94.9 Å². The molecule has 374 valence electrons. The quantitative estimate of drug-likeness (QED) is 0.132. The minimum absolute atomic E-state index is 0.00615. The van der Waals surface area contributed by atoms with Crippen molar-refractivity contribution in [2.45, 2.75) is 216 Å². The van der Waals surface area contributed by atoms with Gasteiger partial charge in [0.25, 0.3) is 0 Å². The number of carbonyl (C=O) groups excluding carboxylic acids is 1. The molecule has 0 amide bonds. The fraction of sp³-hybridized carbons (Fsp3) is 0.955. The van der Waals surface area contributed by atoms with Crippen LogP contribution < -0.4 is 0 Å². The Balaban J connectivity index is 1.87. The number of aliphatic hydroxyl groups excluding tert-OH is 6. The molecule has 0 saturated carbocycles. The number of hydrogen-bond donors (Lipinski definition) is 8. The Morgan fingerprint density at radius 1 is 0.859 bits per heavy atom. The molecule has 0 aromatic rings. The van der Waals surface area contributed by atoms with Crippen molar-refractivity contribution in [2.75, 3.05) is 34.8 Å². The predicted octanol–water partition coefficient (Wildman–Crippen LogP) is -0.183. The van der Waals surface area contributed by atoms with E-state index in [4.69, 9.17) is 37.9 Å². The maximum atomic E-state index is 14.8. The molecule has 20 nitrogen and oxygen atoms in total. The number of carboxylic acid groups (broad SMARTS) is 1. The Bertz CT molecular complexity index is 1530. The van der Waals surface area contributed by atoms with Gasteiger partial charge in [-0.2, -0.15) is 0 Å². The molecule has 64 heavy (non-hydrogen) atoms. The number of rotatable bonds is 10. The summed E-state index contributed by atoms with van der Waals surface area (Å²) in [6.07, 6.45) is -20.1. The molecule has 20 heteroatoms. The van der Waals surface area contributed by atoms with Crippen LogP contribution in [0.5, 0.6) is 0 Å². The minimum Gasteiger partial charge on any atom is -0.479 e. The summed E-state index contributed by atoms with van der Waals surface area (Å²) in [5.74, 6) is -4.90. The van der Waals surface area contributed by atoms with E-state index in [0.717, 1.165) is 0 Å². The van der Waals surface area contributed by atoms with E-state index in [1.165, 1.54) is 14.0 Å². The number of nitrogens with zero attached hydrogens (tertiary/aromatic N) is 2. The Morgan fingerprint density at radius 2 is 1.48 bits per heavy atom.